The monoisotopic (exact) mass is 396 g/mol. The predicted octanol–water partition coefficient (Wildman–Crippen LogP) is 2.90. The molecule has 152 valence electrons. The molecule has 7 heteroatoms. The number of carbonyl (C=O) groups excluding carboxylic acids is 2. The van der Waals surface area contributed by atoms with Crippen LogP contribution in [-0.4, -0.2) is 51.6 Å². The lowest BCUT2D eigenvalue weighted by Gasteiger charge is -2.23. The van der Waals surface area contributed by atoms with Crippen LogP contribution in [0.3, 0.4) is 0 Å². The summed E-state index contributed by atoms with van der Waals surface area (Å²) in [6.45, 7) is 2.25. The van der Waals surface area contributed by atoms with Crippen LogP contribution in [-0.2, 0) is 27.4 Å². The number of aliphatic carboxylic acids is 1. The largest absolute Gasteiger partial charge is 0.480 e. The first kappa shape index (κ1) is 20.4. The van der Waals surface area contributed by atoms with Gasteiger partial charge in [0.25, 0.3) is 0 Å². The van der Waals surface area contributed by atoms with E-state index in [0.717, 1.165) is 11.1 Å². The minimum absolute atomic E-state index is 0.0967. The molecule has 0 radical (unpaired) electrons. The maximum Gasteiger partial charge on any atom is 0.331 e. The van der Waals surface area contributed by atoms with Gasteiger partial charge in [-0.05, 0) is 17.5 Å². The fourth-order valence-electron chi connectivity index (χ4n) is 3.45. The fourth-order valence-corrected chi connectivity index (χ4v) is 3.45. The van der Waals surface area contributed by atoms with Crippen molar-refractivity contribution in [2.45, 2.75) is 38.5 Å². The van der Waals surface area contributed by atoms with Crippen LogP contribution in [0.5, 0.6) is 0 Å². The van der Waals surface area contributed by atoms with Crippen molar-refractivity contribution in [2.24, 2.45) is 0 Å². The van der Waals surface area contributed by atoms with Gasteiger partial charge in [0.05, 0.1) is 6.61 Å². The van der Waals surface area contributed by atoms with Gasteiger partial charge in [-0.3, -0.25) is 0 Å². The van der Waals surface area contributed by atoms with E-state index in [1.807, 2.05) is 67.6 Å². The number of benzene rings is 2. The van der Waals surface area contributed by atoms with Gasteiger partial charge in [-0.15, -0.1) is 0 Å². The van der Waals surface area contributed by atoms with Crippen molar-refractivity contribution < 1.29 is 24.2 Å². The molecule has 2 aromatic carbocycles. The molecule has 0 spiro atoms. The molecule has 0 aromatic heterocycles. The Bertz CT molecular complexity index is 856. The molecule has 29 heavy (non-hydrogen) atoms. The Morgan fingerprint density at radius 2 is 1.38 bits per heavy atom. The number of carboxylic acids is 1. The smallest absolute Gasteiger partial charge is 0.331 e. The standard InChI is InChI=1S/C22H24N2O5/c1-2-13-29-21(27)19-18(20(25)26)23(14-16-9-5-3-6-10-16)22(28)24(19)15-17-11-7-4-8-12-17/h3-12,18-19H,2,13-15H2,1H3,(H,25,26)/t18-,19+/m1/s1. The minimum Gasteiger partial charge on any atom is -0.480 e. The first-order valence-corrected chi connectivity index (χ1v) is 9.57. The van der Waals surface area contributed by atoms with E-state index < -0.39 is 30.1 Å². The number of ether oxygens (including phenoxy) is 1. The van der Waals surface area contributed by atoms with E-state index in [-0.39, 0.29) is 19.7 Å². The SMILES string of the molecule is CCCOC(=O)[C@@H]1[C@H](C(=O)O)N(Cc2ccccc2)C(=O)N1Cc1ccccc1. The van der Waals surface area contributed by atoms with Gasteiger partial charge in [0, 0.05) is 13.1 Å². The molecule has 1 saturated heterocycles. The van der Waals surface area contributed by atoms with E-state index in [0.29, 0.717) is 6.42 Å². The molecule has 0 bridgehead atoms. The number of nitrogens with zero attached hydrogens (tertiary/aromatic N) is 2. The van der Waals surface area contributed by atoms with Crippen LogP contribution in [0.2, 0.25) is 0 Å². The van der Waals surface area contributed by atoms with Gasteiger partial charge >= 0.3 is 18.0 Å². The van der Waals surface area contributed by atoms with Crippen molar-refractivity contribution in [3.05, 3.63) is 71.8 Å². The van der Waals surface area contributed by atoms with Gasteiger partial charge in [0.15, 0.2) is 12.1 Å². The second-order valence-electron chi connectivity index (χ2n) is 6.90. The van der Waals surface area contributed by atoms with E-state index in [4.69, 9.17) is 4.74 Å². The number of rotatable bonds is 8. The summed E-state index contributed by atoms with van der Waals surface area (Å²) in [5, 5.41) is 9.88. The van der Waals surface area contributed by atoms with Crippen molar-refractivity contribution in [3.63, 3.8) is 0 Å². The zero-order chi connectivity index (χ0) is 20.8. The van der Waals surface area contributed by atoms with Crippen LogP contribution in [0.25, 0.3) is 0 Å². The summed E-state index contributed by atoms with van der Waals surface area (Å²) in [6.07, 6.45) is 0.608. The number of carboxylic acid groups (broad SMARTS) is 1. The summed E-state index contributed by atoms with van der Waals surface area (Å²) in [4.78, 5) is 40.6. The maximum absolute atomic E-state index is 13.2. The topological polar surface area (TPSA) is 87.1 Å². The molecule has 3 rings (SSSR count). The van der Waals surface area contributed by atoms with Gasteiger partial charge in [0.1, 0.15) is 0 Å². The summed E-state index contributed by atoms with van der Waals surface area (Å²) in [5.74, 6) is -1.93. The number of carbonyl (C=O) groups is 3. The Balaban J connectivity index is 1.95. The van der Waals surface area contributed by atoms with Crippen molar-refractivity contribution in [1.29, 1.82) is 0 Å². The lowest BCUT2D eigenvalue weighted by atomic mass is 10.1. The molecule has 7 nitrogen and oxygen atoms in total. The number of hydrogen-bond donors (Lipinski definition) is 1. The average molecular weight is 396 g/mol. The zero-order valence-electron chi connectivity index (χ0n) is 16.2. The highest BCUT2D eigenvalue weighted by Crippen LogP contribution is 2.28. The molecule has 1 aliphatic heterocycles. The molecule has 1 heterocycles. The average Bonchev–Trinajstić information content (AvgIpc) is 3.00. The van der Waals surface area contributed by atoms with Gasteiger partial charge in [-0.25, -0.2) is 14.4 Å². The minimum atomic E-state index is -1.32. The lowest BCUT2D eigenvalue weighted by molar-refractivity contribution is -0.155. The lowest BCUT2D eigenvalue weighted by Crippen LogP contribution is -2.48. The highest BCUT2D eigenvalue weighted by Gasteiger charge is 2.53. The van der Waals surface area contributed by atoms with E-state index in [1.54, 1.807) is 0 Å². The van der Waals surface area contributed by atoms with Crippen LogP contribution in [0.4, 0.5) is 4.79 Å². The molecule has 1 aliphatic rings. The molecule has 1 N–H and O–H groups in total. The third-order valence-electron chi connectivity index (χ3n) is 4.80. The van der Waals surface area contributed by atoms with Crippen LogP contribution >= 0.6 is 0 Å². The molecular weight excluding hydrogens is 372 g/mol. The maximum atomic E-state index is 13.2. The van der Waals surface area contributed by atoms with Crippen LogP contribution < -0.4 is 0 Å². The van der Waals surface area contributed by atoms with Crippen molar-refractivity contribution in [3.8, 4) is 0 Å². The third kappa shape index (κ3) is 4.56. The van der Waals surface area contributed by atoms with Crippen molar-refractivity contribution in [1.82, 2.24) is 9.80 Å². The molecule has 0 saturated carbocycles. The Hall–Kier alpha value is -3.35. The summed E-state index contributed by atoms with van der Waals surface area (Å²) in [6, 6.07) is 15.3. The molecule has 2 amide bonds. The van der Waals surface area contributed by atoms with E-state index >= 15 is 0 Å². The van der Waals surface area contributed by atoms with E-state index in [9.17, 15) is 19.5 Å². The molecule has 2 aromatic rings. The van der Waals surface area contributed by atoms with Crippen LogP contribution in [0, 0.1) is 0 Å². The molecule has 2 atom stereocenters. The number of esters is 1. The predicted molar refractivity (Wildman–Crippen MR) is 106 cm³/mol. The van der Waals surface area contributed by atoms with Crippen LogP contribution in [0.15, 0.2) is 60.7 Å². The summed E-state index contributed by atoms with van der Waals surface area (Å²) < 4.78 is 5.25. The molecular formula is C22H24N2O5. The normalized spacial score (nSPS) is 18.7. The molecule has 0 unspecified atom stereocenters. The summed E-state index contributed by atoms with van der Waals surface area (Å²) >= 11 is 0. The third-order valence-corrected chi connectivity index (χ3v) is 4.80. The zero-order valence-corrected chi connectivity index (χ0v) is 16.2. The summed E-state index contributed by atoms with van der Waals surface area (Å²) in [5.41, 5.74) is 1.59. The van der Waals surface area contributed by atoms with Gasteiger partial charge in [0.2, 0.25) is 0 Å². The highest BCUT2D eigenvalue weighted by atomic mass is 16.5. The van der Waals surface area contributed by atoms with Gasteiger partial charge in [-0.2, -0.15) is 0 Å². The molecule has 1 fully saturated rings. The second-order valence-corrected chi connectivity index (χ2v) is 6.90. The molecule has 0 aliphatic carbocycles. The Morgan fingerprint density at radius 1 is 0.897 bits per heavy atom. The Morgan fingerprint density at radius 3 is 1.83 bits per heavy atom. The van der Waals surface area contributed by atoms with Crippen molar-refractivity contribution >= 4 is 18.0 Å². The second kappa shape index (κ2) is 9.23. The number of amides is 2. The number of hydrogen-bond acceptors (Lipinski definition) is 4. The fraction of sp³-hybridized carbons (Fsp3) is 0.318. The highest BCUT2D eigenvalue weighted by molar-refractivity contribution is 5.96. The van der Waals surface area contributed by atoms with Crippen LogP contribution in [0.1, 0.15) is 24.5 Å². The first-order valence-electron chi connectivity index (χ1n) is 9.57. The van der Waals surface area contributed by atoms with Gasteiger partial charge in [-0.1, -0.05) is 67.6 Å². The number of urea groups is 1. The van der Waals surface area contributed by atoms with Crippen molar-refractivity contribution in [2.75, 3.05) is 6.61 Å². The Kier molecular flexibility index (Phi) is 6.49. The van der Waals surface area contributed by atoms with Gasteiger partial charge < -0.3 is 19.6 Å². The first-order chi connectivity index (χ1) is 14.0. The summed E-state index contributed by atoms with van der Waals surface area (Å²) in [7, 11) is 0. The Labute approximate surface area is 169 Å². The van der Waals surface area contributed by atoms with E-state index in [1.165, 1.54) is 9.80 Å². The van der Waals surface area contributed by atoms with E-state index in [2.05, 4.69) is 0 Å². The quantitative estimate of drug-likeness (QED) is 0.694.